The van der Waals surface area contributed by atoms with E-state index in [0.717, 1.165) is 17.0 Å². The molecule has 0 aliphatic carbocycles. The molecule has 0 aliphatic rings. The minimum absolute atomic E-state index is 0.0871. The monoisotopic (exact) mass is 404 g/mol. The number of hydrogen-bond acceptors (Lipinski definition) is 5. The number of carbonyl (C=O) groups excluding carboxylic acids is 2. The lowest BCUT2D eigenvalue weighted by Crippen LogP contribution is -2.47. The van der Waals surface area contributed by atoms with Gasteiger partial charge in [-0.2, -0.15) is 0 Å². The van der Waals surface area contributed by atoms with Crippen molar-refractivity contribution in [3.05, 3.63) is 78.4 Å². The van der Waals surface area contributed by atoms with E-state index in [-0.39, 0.29) is 12.1 Å². The van der Waals surface area contributed by atoms with E-state index in [1.54, 1.807) is 6.07 Å². The Bertz CT molecular complexity index is 881. The highest BCUT2D eigenvalue weighted by molar-refractivity contribution is 6.32. The summed E-state index contributed by atoms with van der Waals surface area (Å²) in [6, 6.07) is 10.8. The van der Waals surface area contributed by atoms with Crippen molar-refractivity contribution < 1.29 is 33.1 Å². The van der Waals surface area contributed by atoms with Crippen molar-refractivity contribution in [2.45, 2.75) is 12.6 Å². The average Bonchev–Trinajstić information content (AvgIpc) is 2.65. The quantitative estimate of drug-likeness (QED) is 0.331. The van der Waals surface area contributed by atoms with E-state index in [1.165, 1.54) is 36.4 Å². The molecule has 0 aliphatic heterocycles. The summed E-state index contributed by atoms with van der Waals surface area (Å²) in [5.41, 5.74) is 0.293. The Morgan fingerprint density at radius 2 is 1.93 bits per heavy atom. The van der Waals surface area contributed by atoms with Crippen molar-refractivity contribution in [3.8, 4) is 0 Å². The van der Waals surface area contributed by atoms with Crippen LogP contribution in [0.1, 0.15) is 5.56 Å². The third kappa shape index (κ3) is 6.79. The summed E-state index contributed by atoms with van der Waals surface area (Å²) in [7, 11) is -2.20. The molecule has 1 atom stereocenters. The summed E-state index contributed by atoms with van der Waals surface area (Å²) in [4.78, 5) is 25.4. The van der Waals surface area contributed by atoms with Crippen molar-refractivity contribution in [2.24, 2.45) is 0 Å². The number of benzene rings is 2. The van der Waals surface area contributed by atoms with Gasteiger partial charge in [0.2, 0.25) is 5.91 Å². The maximum Gasteiger partial charge on any atom is 0.635 e. The molecule has 0 unspecified atom stereocenters. The lowest BCUT2D eigenvalue weighted by molar-refractivity contribution is -0.124. The molecule has 0 heterocycles. The normalized spacial score (nSPS) is 11.4. The van der Waals surface area contributed by atoms with Crippen LogP contribution in [0, 0.1) is 11.6 Å². The van der Waals surface area contributed by atoms with Crippen LogP contribution in [-0.4, -0.2) is 42.0 Å². The number of hydrogen-bond donors (Lipinski definition) is 3. The van der Waals surface area contributed by atoms with E-state index in [9.17, 15) is 18.4 Å². The van der Waals surface area contributed by atoms with Gasteiger partial charge in [-0.1, -0.05) is 30.8 Å². The predicted octanol–water partition coefficient (Wildman–Crippen LogP) is 1.15. The van der Waals surface area contributed by atoms with Crippen LogP contribution in [0.5, 0.6) is 0 Å². The van der Waals surface area contributed by atoms with E-state index in [0.29, 0.717) is 5.56 Å². The molecule has 29 heavy (non-hydrogen) atoms. The Hall–Kier alpha value is -3.08. The highest BCUT2D eigenvalue weighted by atomic mass is 19.1. The molecular formula is C19H19BF2N2O5. The van der Waals surface area contributed by atoms with Crippen LogP contribution >= 0.6 is 0 Å². The number of nitrogens with one attached hydrogen (secondary N) is 1. The maximum atomic E-state index is 14.1. The number of carbonyl (C=O) groups is 2. The van der Waals surface area contributed by atoms with E-state index < -0.39 is 43.5 Å². The zero-order chi connectivity index (χ0) is 21.4. The zero-order valence-corrected chi connectivity index (χ0v) is 15.3. The highest BCUT2D eigenvalue weighted by Crippen LogP contribution is 2.19. The van der Waals surface area contributed by atoms with Crippen LogP contribution in [0.2, 0.25) is 0 Å². The molecule has 2 amide bonds. The molecule has 0 radical (unpaired) electrons. The Kier molecular flexibility index (Phi) is 8.02. The highest BCUT2D eigenvalue weighted by Gasteiger charge is 2.24. The van der Waals surface area contributed by atoms with Gasteiger partial charge < -0.3 is 20.0 Å². The summed E-state index contributed by atoms with van der Waals surface area (Å²) < 4.78 is 32.2. The van der Waals surface area contributed by atoms with Gasteiger partial charge in [-0.25, -0.2) is 8.78 Å². The molecular weight excluding hydrogens is 385 g/mol. The number of rotatable bonds is 9. The molecule has 0 saturated carbocycles. The lowest BCUT2D eigenvalue weighted by atomic mass is 10.1. The fraction of sp³-hybridized carbons (Fsp3) is 0.158. The van der Waals surface area contributed by atoms with Gasteiger partial charge in [0.1, 0.15) is 24.4 Å². The smallest absolute Gasteiger partial charge is 0.402 e. The van der Waals surface area contributed by atoms with Crippen molar-refractivity contribution in [1.82, 2.24) is 5.32 Å². The molecule has 0 aromatic heterocycles. The van der Waals surface area contributed by atoms with Crippen LogP contribution < -0.4 is 10.2 Å². The molecule has 2 rings (SSSR count). The summed E-state index contributed by atoms with van der Waals surface area (Å²) in [6.07, 6.45) is -0.403. The second kappa shape index (κ2) is 10.5. The van der Waals surface area contributed by atoms with Crippen LogP contribution in [0.15, 0.2) is 61.2 Å². The first-order chi connectivity index (χ1) is 13.8. The van der Waals surface area contributed by atoms with Crippen LogP contribution in [0.3, 0.4) is 0 Å². The van der Waals surface area contributed by atoms with Gasteiger partial charge in [0, 0.05) is 6.42 Å². The fourth-order valence-electron chi connectivity index (χ4n) is 2.59. The first kappa shape index (κ1) is 22.2. The fourth-order valence-corrected chi connectivity index (χ4v) is 2.59. The number of nitrogens with zero attached hydrogens (tertiary/aromatic N) is 1. The molecule has 0 bridgehead atoms. The summed E-state index contributed by atoms with van der Waals surface area (Å²) in [5, 5.41) is 20.5. The molecule has 0 saturated heterocycles. The van der Waals surface area contributed by atoms with Gasteiger partial charge in [0.25, 0.3) is 5.91 Å². The second-order valence-electron chi connectivity index (χ2n) is 5.93. The SMILES string of the molecule is C=CC(=O)N(CC(=O)N[C@@H](Cc1cccc(F)c1)OB(O)O)c1ccccc1F. The Morgan fingerprint density at radius 1 is 1.21 bits per heavy atom. The first-order valence-corrected chi connectivity index (χ1v) is 8.54. The van der Waals surface area contributed by atoms with Crippen LogP contribution in [0.25, 0.3) is 0 Å². The third-order valence-electron chi connectivity index (χ3n) is 3.80. The van der Waals surface area contributed by atoms with E-state index in [1.807, 2.05) is 0 Å². The first-order valence-electron chi connectivity index (χ1n) is 8.54. The van der Waals surface area contributed by atoms with Crippen LogP contribution in [0.4, 0.5) is 14.5 Å². The van der Waals surface area contributed by atoms with Crippen molar-refractivity contribution >= 4 is 24.8 Å². The summed E-state index contributed by atoms with van der Waals surface area (Å²) in [5.74, 6) is -2.71. The van der Waals surface area contributed by atoms with Gasteiger partial charge in [-0.15, -0.1) is 0 Å². The average molecular weight is 404 g/mol. The molecule has 2 aromatic rings. The minimum atomic E-state index is -2.20. The number of anilines is 1. The molecule has 10 heteroatoms. The minimum Gasteiger partial charge on any atom is -0.402 e. The number of para-hydroxylation sites is 1. The summed E-state index contributed by atoms with van der Waals surface area (Å²) in [6.45, 7) is 2.75. The molecule has 3 N–H and O–H groups in total. The lowest BCUT2D eigenvalue weighted by Gasteiger charge is -2.24. The van der Waals surface area contributed by atoms with Gasteiger partial charge in [-0.05, 0) is 35.9 Å². The third-order valence-corrected chi connectivity index (χ3v) is 3.80. The standard InChI is InChI=1S/C19H19BF2N2O5/c1-2-19(26)24(16-9-4-3-8-15(16)22)12-17(25)23-18(29-20(27)28)11-13-6-5-7-14(21)10-13/h2-10,18,27-28H,1,11-12H2,(H,23,25)/t18-/m1/s1. The van der Waals surface area contributed by atoms with E-state index in [4.69, 9.17) is 14.7 Å². The largest absolute Gasteiger partial charge is 0.635 e. The molecule has 2 aromatic carbocycles. The van der Waals surface area contributed by atoms with Crippen molar-refractivity contribution in [3.63, 3.8) is 0 Å². The number of amides is 2. The van der Waals surface area contributed by atoms with Gasteiger partial charge in [-0.3, -0.25) is 14.5 Å². The Balaban J connectivity index is 2.15. The number of halogens is 2. The maximum absolute atomic E-state index is 14.1. The van der Waals surface area contributed by atoms with Gasteiger partial charge in [0.05, 0.1) is 5.69 Å². The van der Waals surface area contributed by atoms with Gasteiger partial charge in [0.15, 0.2) is 0 Å². The van der Waals surface area contributed by atoms with E-state index >= 15 is 0 Å². The predicted molar refractivity (Wildman–Crippen MR) is 102 cm³/mol. The molecule has 152 valence electrons. The van der Waals surface area contributed by atoms with Crippen LogP contribution in [-0.2, 0) is 20.7 Å². The summed E-state index contributed by atoms with van der Waals surface area (Å²) >= 11 is 0. The second-order valence-corrected chi connectivity index (χ2v) is 5.93. The van der Waals surface area contributed by atoms with Crippen molar-refractivity contribution in [2.75, 3.05) is 11.4 Å². The zero-order valence-electron chi connectivity index (χ0n) is 15.3. The Morgan fingerprint density at radius 3 is 2.55 bits per heavy atom. The molecule has 7 nitrogen and oxygen atoms in total. The topological polar surface area (TPSA) is 99.1 Å². The van der Waals surface area contributed by atoms with Gasteiger partial charge >= 0.3 is 7.32 Å². The Labute approximate surface area is 166 Å². The molecule has 0 fully saturated rings. The van der Waals surface area contributed by atoms with E-state index in [2.05, 4.69) is 11.9 Å². The molecule has 0 spiro atoms. The van der Waals surface area contributed by atoms with Crippen molar-refractivity contribution in [1.29, 1.82) is 0 Å².